The molecule has 1 atom stereocenters. The van der Waals surface area contributed by atoms with Crippen LogP contribution in [0.3, 0.4) is 0 Å². The minimum absolute atomic E-state index is 0.217. The molecule has 1 aliphatic heterocycles. The van der Waals surface area contributed by atoms with Gasteiger partial charge in [-0.05, 0) is 32.4 Å². The summed E-state index contributed by atoms with van der Waals surface area (Å²) in [6.45, 7) is 6.61. The Morgan fingerprint density at radius 3 is 2.90 bits per heavy atom. The zero-order valence-corrected chi connectivity index (χ0v) is 13.2. The summed E-state index contributed by atoms with van der Waals surface area (Å²) in [5.74, 6) is 0.363. The van der Waals surface area contributed by atoms with Gasteiger partial charge >= 0.3 is 0 Å². The van der Waals surface area contributed by atoms with Crippen molar-refractivity contribution in [2.75, 3.05) is 25.5 Å². The second-order valence-electron chi connectivity index (χ2n) is 5.91. The third-order valence-corrected chi connectivity index (χ3v) is 4.09. The molecule has 0 bridgehead atoms. The summed E-state index contributed by atoms with van der Waals surface area (Å²) in [6, 6.07) is 0.504. The molecule has 2 heterocycles. The minimum Gasteiger partial charge on any atom is -0.381 e. The van der Waals surface area contributed by atoms with Crippen LogP contribution in [0.4, 0.5) is 5.69 Å². The average molecular weight is 299 g/mol. The molecule has 1 aromatic rings. The quantitative estimate of drug-likeness (QED) is 0.904. The van der Waals surface area contributed by atoms with Crippen LogP contribution in [0, 0.1) is 5.92 Å². The van der Waals surface area contributed by atoms with Crippen LogP contribution in [-0.4, -0.2) is 40.9 Å². The number of nitrogens with zero attached hydrogens (tertiary/aromatic N) is 3. The summed E-state index contributed by atoms with van der Waals surface area (Å²) in [6.07, 6.45) is 4.06. The van der Waals surface area contributed by atoms with E-state index in [9.17, 15) is 4.79 Å². The van der Waals surface area contributed by atoms with E-state index in [1.165, 1.54) is 17.5 Å². The highest BCUT2D eigenvalue weighted by atomic mass is 35.5. The van der Waals surface area contributed by atoms with Crippen molar-refractivity contribution in [3.8, 4) is 0 Å². The Bertz CT molecular complexity index is 514. The monoisotopic (exact) mass is 298 g/mol. The largest absolute Gasteiger partial charge is 0.381 e. The summed E-state index contributed by atoms with van der Waals surface area (Å²) in [5, 5.41) is 7.68. The van der Waals surface area contributed by atoms with Gasteiger partial charge in [0.15, 0.2) is 0 Å². The summed E-state index contributed by atoms with van der Waals surface area (Å²) >= 11 is 6.15. The van der Waals surface area contributed by atoms with Gasteiger partial charge in [-0.3, -0.25) is 4.79 Å². The van der Waals surface area contributed by atoms with Crippen molar-refractivity contribution in [2.45, 2.75) is 39.3 Å². The van der Waals surface area contributed by atoms with E-state index >= 15 is 0 Å². The first-order chi connectivity index (χ1) is 9.49. The summed E-state index contributed by atoms with van der Waals surface area (Å²) in [5.41, 5.74) is 0.419. The van der Waals surface area contributed by atoms with Gasteiger partial charge in [-0.25, -0.2) is 4.68 Å². The van der Waals surface area contributed by atoms with E-state index in [1.54, 1.807) is 6.20 Å². The van der Waals surface area contributed by atoms with Crippen molar-refractivity contribution in [3.63, 3.8) is 0 Å². The average Bonchev–Trinajstić information content (AvgIpc) is 2.79. The molecule has 0 aromatic carbocycles. The van der Waals surface area contributed by atoms with Crippen molar-refractivity contribution in [3.05, 3.63) is 21.6 Å². The number of anilines is 1. The van der Waals surface area contributed by atoms with Crippen molar-refractivity contribution >= 4 is 17.3 Å². The van der Waals surface area contributed by atoms with E-state index in [0.717, 1.165) is 13.1 Å². The second kappa shape index (κ2) is 6.59. The smallest absolute Gasteiger partial charge is 0.287 e. The van der Waals surface area contributed by atoms with Crippen LogP contribution in [0.1, 0.15) is 26.7 Å². The standard InChI is InChI=1S/C14H23ClN4O/c1-10(2)9-19-14(20)13(15)12(8-17-19)16-7-11-5-4-6-18(11)3/h8,10-11,16H,4-7,9H2,1-3H3. The number of likely N-dealkylation sites (N-methyl/N-ethyl adjacent to an activating group) is 1. The number of halogens is 1. The molecule has 6 heteroatoms. The first kappa shape index (κ1) is 15.3. The fraction of sp³-hybridized carbons (Fsp3) is 0.714. The van der Waals surface area contributed by atoms with Gasteiger partial charge in [-0.15, -0.1) is 0 Å². The molecule has 1 N–H and O–H groups in total. The Kier molecular flexibility index (Phi) is 5.05. The van der Waals surface area contributed by atoms with Crippen LogP contribution in [0.25, 0.3) is 0 Å². The summed E-state index contributed by atoms with van der Waals surface area (Å²) < 4.78 is 1.43. The van der Waals surface area contributed by atoms with Gasteiger partial charge in [0.05, 0.1) is 11.9 Å². The van der Waals surface area contributed by atoms with Crippen LogP contribution in [-0.2, 0) is 6.54 Å². The molecule has 112 valence electrons. The molecule has 1 unspecified atom stereocenters. The first-order valence-corrected chi connectivity index (χ1v) is 7.56. The molecule has 0 amide bonds. The Morgan fingerprint density at radius 1 is 1.55 bits per heavy atom. The van der Waals surface area contributed by atoms with Crippen LogP contribution < -0.4 is 10.9 Å². The number of rotatable bonds is 5. The highest BCUT2D eigenvalue weighted by Crippen LogP contribution is 2.19. The molecular weight excluding hydrogens is 276 g/mol. The molecule has 0 saturated carbocycles. The third-order valence-electron chi connectivity index (χ3n) is 3.72. The normalized spacial score (nSPS) is 19.8. The highest BCUT2D eigenvalue weighted by molar-refractivity contribution is 6.32. The van der Waals surface area contributed by atoms with Gasteiger partial charge < -0.3 is 10.2 Å². The van der Waals surface area contributed by atoms with Gasteiger partial charge in [-0.1, -0.05) is 25.4 Å². The van der Waals surface area contributed by atoms with Crippen molar-refractivity contribution < 1.29 is 0 Å². The molecule has 1 aromatic heterocycles. The fourth-order valence-electron chi connectivity index (χ4n) is 2.53. The van der Waals surface area contributed by atoms with Crippen LogP contribution in [0.2, 0.25) is 5.02 Å². The number of hydrogen-bond donors (Lipinski definition) is 1. The molecule has 1 fully saturated rings. The fourth-order valence-corrected chi connectivity index (χ4v) is 2.74. The first-order valence-electron chi connectivity index (χ1n) is 7.18. The molecule has 5 nitrogen and oxygen atoms in total. The van der Waals surface area contributed by atoms with E-state index in [0.29, 0.717) is 24.2 Å². The number of likely N-dealkylation sites (tertiary alicyclic amines) is 1. The highest BCUT2D eigenvalue weighted by Gasteiger charge is 2.21. The second-order valence-corrected chi connectivity index (χ2v) is 6.29. The van der Waals surface area contributed by atoms with Crippen LogP contribution >= 0.6 is 11.6 Å². The molecule has 0 aliphatic carbocycles. The predicted octanol–water partition coefficient (Wildman–Crippen LogP) is 2.06. The van der Waals surface area contributed by atoms with E-state index in [4.69, 9.17) is 11.6 Å². The third kappa shape index (κ3) is 3.52. The lowest BCUT2D eigenvalue weighted by atomic mass is 10.2. The zero-order valence-electron chi connectivity index (χ0n) is 12.4. The maximum absolute atomic E-state index is 12.1. The summed E-state index contributed by atoms with van der Waals surface area (Å²) in [4.78, 5) is 14.4. The number of hydrogen-bond acceptors (Lipinski definition) is 4. The van der Waals surface area contributed by atoms with E-state index in [2.05, 4.69) is 22.4 Å². The number of aromatic nitrogens is 2. The summed E-state index contributed by atoms with van der Waals surface area (Å²) in [7, 11) is 2.12. The molecule has 1 saturated heterocycles. The molecule has 20 heavy (non-hydrogen) atoms. The lowest BCUT2D eigenvalue weighted by Crippen LogP contribution is -2.32. The topological polar surface area (TPSA) is 50.2 Å². The van der Waals surface area contributed by atoms with Gasteiger partial charge in [-0.2, -0.15) is 5.10 Å². The predicted molar refractivity (Wildman–Crippen MR) is 82.5 cm³/mol. The Labute approximate surface area is 124 Å². The van der Waals surface area contributed by atoms with Crippen molar-refractivity contribution in [1.82, 2.24) is 14.7 Å². The van der Waals surface area contributed by atoms with Gasteiger partial charge in [0.25, 0.3) is 5.56 Å². The zero-order chi connectivity index (χ0) is 14.7. The van der Waals surface area contributed by atoms with Crippen molar-refractivity contribution in [1.29, 1.82) is 0 Å². The van der Waals surface area contributed by atoms with E-state index in [-0.39, 0.29) is 10.6 Å². The maximum Gasteiger partial charge on any atom is 0.287 e. The Balaban J connectivity index is 2.05. The minimum atomic E-state index is -0.217. The van der Waals surface area contributed by atoms with Gasteiger partial charge in [0.2, 0.25) is 0 Å². The number of nitrogens with one attached hydrogen (secondary N) is 1. The molecule has 1 aliphatic rings. The van der Waals surface area contributed by atoms with Crippen LogP contribution in [0.5, 0.6) is 0 Å². The Morgan fingerprint density at radius 2 is 2.30 bits per heavy atom. The lowest BCUT2D eigenvalue weighted by Gasteiger charge is -2.20. The molecular formula is C14H23ClN4O. The molecule has 0 radical (unpaired) electrons. The van der Waals surface area contributed by atoms with Crippen LogP contribution in [0.15, 0.2) is 11.0 Å². The maximum atomic E-state index is 12.1. The van der Waals surface area contributed by atoms with Gasteiger partial charge in [0.1, 0.15) is 5.02 Å². The molecule has 2 rings (SSSR count). The van der Waals surface area contributed by atoms with Gasteiger partial charge in [0, 0.05) is 19.1 Å². The lowest BCUT2D eigenvalue weighted by molar-refractivity contribution is 0.322. The SMILES string of the molecule is CC(C)Cn1ncc(NCC2CCCN2C)c(Cl)c1=O. The molecule has 0 spiro atoms. The Hall–Kier alpha value is -1.07. The van der Waals surface area contributed by atoms with E-state index < -0.39 is 0 Å². The van der Waals surface area contributed by atoms with Crippen molar-refractivity contribution in [2.24, 2.45) is 5.92 Å². The van der Waals surface area contributed by atoms with E-state index in [1.807, 2.05) is 13.8 Å².